The predicted octanol–water partition coefficient (Wildman–Crippen LogP) is 2.71. The lowest BCUT2D eigenvalue weighted by molar-refractivity contribution is 0.0967. The molecule has 0 radical (unpaired) electrons. The molecule has 0 aliphatic carbocycles. The molecular formula is C11H14O4. The van der Waals surface area contributed by atoms with Gasteiger partial charge in [-0.05, 0) is 18.6 Å². The Morgan fingerprint density at radius 2 is 2.13 bits per heavy atom. The molecule has 0 atom stereocenters. The molecule has 0 amide bonds. The summed E-state index contributed by atoms with van der Waals surface area (Å²) in [5.41, 5.74) is 0. The molecule has 0 saturated heterocycles. The maximum Gasteiger partial charge on any atom is 0.513 e. The van der Waals surface area contributed by atoms with Crippen LogP contribution in [0.2, 0.25) is 0 Å². The molecular weight excluding hydrogens is 196 g/mol. The highest BCUT2D eigenvalue weighted by Gasteiger charge is 2.08. The van der Waals surface area contributed by atoms with Crippen molar-refractivity contribution in [3.05, 3.63) is 24.3 Å². The summed E-state index contributed by atoms with van der Waals surface area (Å²) in [5.74, 6) is 0.0314. The van der Waals surface area contributed by atoms with Crippen molar-refractivity contribution in [3.63, 3.8) is 0 Å². The number of rotatable bonds is 4. The lowest BCUT2D eigenvalue weighted by Crippen LogP contribution is -2.11. The van der Waals surface area contributed by atoms with Crippen LogP contribution in [-0.4, -0.2) is 17.9 Å². The summed E-state index contributed by atoms with van der Waals surface area (Å²) in [6.45, 7) is 2.33. The molecule has 0 saturated carbocycles. The van der Waals surface area contributed by atoms with Gasteiger partial charge in [0.15, 0.2) is 11.5 Å². The Morgan fingerprint density at radius 1 is 1.40 bits per heavy atom. The number of para-hydroxylation sites is 2. The molecule has 1 aromatic carbocycles. The van der Waals surface area contributed by atoms with Crippen LogP contribution >= 0.6 is 0 Å². The van der Waals surface area contributed by atoms with Crippen LogP contribution in [0.3, 0.4) is 0 Å². The molecule has 0 aliphatic heterocycles. The molecule has 0 fully saturated rings. The molecule has 4 heteroatoms. The monoisotopic (exact) mass is 210 g/mol. The minimum Gasteiger partial charge on any atom is -0.504 e. The van der Waals surface area contributed by atoms with E-state index >= 15 is 0 Å². The molecule has 0 aliphatic rings. The van der Waals surface area contributed by atoms with Crippen LogP contribution in [0.4, 0.5) is 4.79 Å². The van der Waals surface area contributed by atoms with E-state index in [0.717, 1.165) is 12.8 Å². The van der Waals surface area contributed by atoms with Crippen LogP contribution < -0.4 is 4.74 Å². The van der Waals surface area contributed by atoms with Gasteiger partial charge in [-0.2, -0.15) is 0 Å². The first-order valence-corrected chi connectivity index (χ1v) is 4.86. The minimum absolute atomic E-state index is 0.0788. The molecule has 1 rings (SSSR count). The molecule has 0 aromatic heterocycles. The van der Waals surface area contributed by atoms with E-state index in [2.05, 4.69) is 0 Å². The fourth-order valence-corrected chi connectivity index (χ4v) is 0.963. The van der Waals surface area contributed by atoms with Gasteiger partial charge in [-0.3, -0.25) is 0 Å². The zero-order valence-electron chi connectivity index (χ0n) is 8.60. The number of phenols is 1. The van der Waals surface area contributed by atoms with E-state index in [4.69, 9.17) is 9.47 Å². The van der Waals surface area contributed by atoms with E-state index in [0.29, 0.717) is 6.61 Å². The average Bonchev–Trinajstić information content (AvgIpc) is 2.22. The van der Waals surface area contributed by atoms with E-state index < -0.39 is 6.16 Å². The standard InChI is InChI=1S/C11H14O4/c1-2-3-8-14-11(13)15-10-7-5-4-6-9(10)12/h4-7,12H,2-3,8H2,1H3. The van der Waals surface area contributed by atoms with Crippen molar-refractivity contribution in [1.82, 2.24) is 0 Å². The first-order valence-electron chi connectivity index (χ1n) is 4.86. The summed E-state index contributed by atoms with van der Waals surface area (Å²) in [6.07, 6.45) is 0.963. The van der Waals surface area contributed by atoms with Gasteiger partial charge in [0.05, 0.1) is 6.61 Å². The van der Waals surface area contributed by atoms with Gasteiger partial charge in [0.25, 0.3) is 0 Å². The molecule has 0 spiro atoms. The second-order valence-electron chi connectivity index (χ2n) is 3.02. The average molecular weight is 210 g/mol. The van der Waals surface area contributed by atoms with E-state index in [1.165, 1.54) is 12.1 Å². The summed E-state index contributed by atoms with van der Waals surface area (Å²) < 4.78 is 9.55. The van der Waals surface area contributed by atoms with E-state index in [1.54, 1.807) is 12.1 Å². The van der Waals surface area contributed by atoms with Gasteiger partial charge < -0.3 is 14.6 Å². The third-order valence-corrected chi connectivity index (χ3v) is 1.78. The van der Waals surface area contributed by atoms with Gasteiger partial charge in [-0.1, -0.05) is 25.5 Å². The molecule has 82 valence electrons. The van der Waals surface area contributed by atoms with Crippen molar-refractivity contribution in [2.45, 2.75) is 19.8 Å². The van der Waals surface area contributed by atoms with Crippen molar-refractivity contribution in [3.8, 4) is 11.5 Å². The third kappa shape index (κ3) is 3.89. The van der Waals surface area contributed by atoms with Gasteiger partial charge in [0, 0.05) is 0 Å². The maximum atomic E-state index is 11.1. The molecule has 0 heterocycles. The van der Waals surface area contributed by atoms with Crippen molar-refractivity contribution in [2.75, 3.05) is 6.61 Å². The first-order chi connectivity index (χ1) is 7.24. The van der Waals surface area contributed by atoms with E-state index in [1.807, 2.05) is 6.92 Å². The normalized spacial score (nSPS) is 9.67. The lowest BCUT2D eigenvalue weighted by Gasteiger charge is -2.06. The smallest absolute Gasteiger partial charge is 0.504 e. The fourth-order valence-electron chi connectivity index (χ4n) is 0.963. The maximum absolute atomic E-state index is 11.1. The summed E-state index contributed by atoms with van der Waals surface area (Å²) in [6, 6.07) is 6.24. The van der Waals surface area contributed by atoms with Crippen LogP contribution in [0, 0.1) is 0 Å². The van der Waals surface area contributed by atoms with E-state index in [-0.39, 0.29) is 11.5 Å². The van der Waals surface area contributed by atoms with Crippen molar-refractivity contribution >= 4 is 6.16 Å². The predicted molar refractivity (Wildman–Crippen MR) is 55.0 cm³/mol. The van der Waals surface area contributed by atoms with Gasteiger partial charge >= 0.3 is 6.16 Å². The van der Waals surface area contributed by atoms with Gasteiger partial charge in [-0.15, -0.1) is 0 Å². The first kappa shape index (κ1) is 11.4. The Bertz CT molecular complexity index is 322. The fraction of sp³-hybridized carbons (Fsp3) is 0.364. The SMILES string of the molecule is CCCCOC(=O)Oc1ccccc1O. The Hall–Kier alpha value is -1.71. The number of ether oxygens (including phenoxy) is 2. The molecule has 15 heavy (non-hydrogen) atoms. The highest BCUT2D eigenvalue weighted by molar-refractivity contribution is 5.65. The Kier molecular flexibility index (Phi) is 4.47. The molecule has 1 N–H and O–H groups in total. The summed E-state index contributed by atoms with van der Waals surface area (Å²) in [7, 11) is 0. The second kappa shape index (κ2) is 5.90. The number of aromatic hydroxyl groups is 1. The van der Waals surface area contributed by atoms with Crippen molar-refractivity contribution in [2.24, 2.45) is 0 Å². The summed E-state index contributed by atoms with van der Waals surface area (Å²) in [4.78, 5) is 11.1. The van der Waals surface area contributed by atoms with Gasteiger partial charge in [0.2, 0.25) is 0 Å². The van der Waals surface area contributed by atoms with Crippen LogP contribution in [0.1, 0.15) is 19.8 Å². The number of unbranched alkanes of at least 4 members (excludes halogenated alkanes) is 1. The lowest BCUT2D eigenvalue weighted by atomic mass is 10.3. The van der Waals surface area contributed by atoms with Crippen LogP contribution in [0.25, 0.3) is 0 Å². The minimum atomic E-state index is -0.787. The zero-order chi connectivity index (χ0) is 11.1. The van der Waals surface area contributed by atoms with Gasteiger partial charge in [0.1, 0.15) is 0 Å². The molecule has 0 unspecified atom stereocenters. The number of carbonyl (C=O) groups is 1. The quantitative estimate of drug-likeness (QED) is 0.471. The largest absolute Gasteiger partial charge is 0.513 e. The third-order valence-electron chi connectivity index (χ3n) is 1.78. The van der Waals surface area contributed by atoms with Gasteiger partial charge in [-0.25, -0.2) is 4.79 Å². The molecule has 0 bridgehead atoms. The highest BCUT2D eigenvalue weighted by atomic mass is 16.7. The number of hydrogen-bond donors (Lipinski definition) is 1. The van der Waals surface area contributed by atoms with Crippen LogP contribution in [0.15, 0.2) is 24.3 Å². The number of carbonyl (C=O) groups excluding carboxylic acids is 1. The number of benzene rings is 1. The van der Waals surface area contributed by atoms with Crippen LogP contribution in [0.5, 0.6) is 11.5 Å². The Morgan fingerprint density at radius 3 is 2.80 bits per heavy atom. The molecule has 4 nitrogen and oxygen atoms in total. The number of hydrogen-bond acceptors (Lipinski definition) is 4. The zero-order valence-corrected chi connectivity index (χ0v) is 8.60. The second-order valence-corrected chi connectivity index (χ2v) is 3.02. The topological polar surface area (TPSA) is 55.8 Å². The summed E-state index contributed by atoms with van der Waals surface area (Å²) in [5, 5.41) is 9.30. The molecule has 1 aromatic rings. The summed E-state index contributed by atoms with van der Waals surface area (Å²) >= 11 is 0. The Labute approximate surface area is 88.4 Å². The number of phenolic OH excluding ortho intramolecular Hbond substituents is 1. The van der Waals surface area contributed by atoms with Crippen LogP contribution in [-0.2, 0) is 4.74 Å². The van der Waals surface area contributed by atoms with Crippen molar-refractivity contribution < 1.29 is 19.4 Å². The van der Waals surface area contributed by atoms with Crippen molar-refractivity contribution in [1.29, 1.82) is 0 Å². The highest BCUT2D eigenvalue weighted by Crippen LogP contribution is 2.24. The van der Waals surface area contributed by atoms with E-state index in [9.17, 15) is 9.90 Å². The Balaban J connectivity index is 2.41.